The first-order valence-corrected chi connectivity index (χ1v) is 6.96. The van der Waals surface area contributed by atoms with Crippen LogP contribution in [0.2, 0.25) is 10.0 Å². The standard InChI is InChI=1S/C13H14Cl2N2O4/c1-21-12(19)11-5-8(18)6-17(11)13(20)16-7-2-3-9(14)10(15)4-7/h2-4,8,11,18H,5-6H2,1H3,(H,16,20)/t8-,11-/m1/s1. The third kappa shape index (κ3) is 3.58. The van der Waals surface area contributed by atoms with E-state index in [2.05, 4.69) is 10.1 Å². The lowest BCUT2D eigenvalue weighted by molar-refractivity contribution is -0.144. The van der Waals surface area contributed by atoms with Crippen LogP contribution in [0.15, 0.2) is 18.2 Å². The molecule has 114 valence electrons. The van der Waals surface area contributed by atoms with Gasteiger partial charge in [-0.05, 0) is 18.2 Å². The van der Waals surface area contributed by atoms with Crippen molar-refractivity contribution in [2.45, 2.75) is 18.6 Å². The second-order valence-electron chi connectivity index (χ2n) is 4.64. The number of aliphatic hydroxyl groups excluding tert-OH is 1. The van der Waals surface area contributed by atoms with Gasteiger partial charge in [0.1, 0.15) is 6.04 Å². The predicted molar refractivity (Wildman–Crippen MR) is 78.6 cm³/mol. The number of likely N-dealkylation sites (tertiary alicyclic amines) is 1. The fraction of sp³-hybridized carbons (Fsp3) is 0.385. The second kappa shape index (κ2) is 6.51. The van der Waals surface area contributed by atoms with Crippen molar-refractivity contribution in [1.29, 1.82) is 0 Å². The number of ether oxygens (including phenoxy) is 1. The number of nitrogens with one attached hydrogen (secondary N) is 1. The van der Waals surface area contributed by atoms with Crippen LogP contribution in [0, 0.1) is 0 Å². The van der Waals surface area contributed by atoms with E-state index < -0.39 is 24.1 Å². The molecule has 1 aliphatic rings. The fourth-order valence-corrected chi connectivity index (χ4v) is 2.46. The zero-order valence-corrected chi connectivity index (χ0v) is 12.7. The molecule has 0 unspecified atom stereocenters. The first-order valence-electron chi connectivity index (χ1n) is 6.21. The lowest BCUT2D eigenvalue weighted by Gasteiger charge is -2.22. The number of amides is 2. The molecule has 1 saturated heterocycles. The molecule has 1 aromatic rings. The van der Waals surface area contributed by atoms with Crippen LogP contribution >= 0.6 is 23.2 Å². The van der Waals surface area contributed by atoms with Crippen molar-refractivity contribution in [3.8, 4) is 0 Å². The molecule has 0 saturated carbocycles. The Morgan fingerprint density at radius 3 is 2.71 bits per heavy atom. The number of hydrogen-bond donors (Lipinski definition) is 2. The molecular weight excluding hydrogens is 319 g/mol. The number of urea groups is 1. The van der Waals surface area contributed by atoms with Crippen LogP contribution < -0.4 is 5.32 Å². The molecule has 2 amide bonds. The van der Waals surface area contributed by atoms with Gasteiger partial charge in [0.15, 0.2) is 0 Å². The summed E-state index contributed by atoms with van der Waals surface area (Å²) in [6.45, 7) is 0.0624. The number of carbonyl (C=O) groups excluding carboxylic acids is 2. The van der Waals surface area contributed by atoms with E-state index in [1.54, 1.807) is 12.1 Å². The summed E-state index contributed by atoms with van der Waals surface area (Å²) in [6, 6.07) is 3.33. The van der Waals surface area contributed by atoms with Crippen molar-refractivity contribution < 1.29 is 19.4 Å². The van der Waals surface area contributed by atoms with Crippen LogP contribution in [0.3, 0.4) is 0 Å². The van der Waals surface area contributed by atoms with Gasteiger partial charge in [-0.2, -0.15) is 0 Å². The molecule has 6 nitrogen and oxygen atoms in total. The SMILES string of the molecule is COC(=O)[C@H]1C[C@@H](O)CN1C(=O)Nc1ccc(Cl)c(Cl)c1. The zero-order valence-electron chi connectivity index (χ0n) is 11.2. The van der Waals surface area contributed by atoms with E-state index in [0.29, 0.717) is 15.7 Å². The van der Waals surface area contributed by atoms with E-state index in [1.165, 1.54) is 18.1 Å². The van der Waals surface area contributed by atoms with Crippen LogP contribution in [-0.2, 0) is 9.53 Å². The van der Waals surface area contributed by atoms with Gasteiger partial charge in [-0.25, -0.2) is 9.59 Å². The number of rotatable bonds is 2. The summed E-state index contributed by atoms with van der Waals surface area (Å²) in [5.41, 5.74) is 0.444. The summed E-state index contributed by atoms with van der Waals surface area (Å²) in [5.74, 6) is -0.559. The Hall–Kier alpha value is -1.50. The maximum atomic E-state index is 12.2. The lowest BCUT2D eigenvalue weighted by atomic mass is 10.2. The highest BCUT2D eigenvalue weighted by Crippen LogP contribution is 2.26. The quantitative estimate of drug-likeness (QED) is 0.813. The number of carbonyl (C=O) groups is 2. The molecule has 1 heterocycles. The number of esters is 1. The monoisotopic (exact) mass is 332 g/mol. The highest BCUT2D eigenvalue weighted by atomic mass is 35.5. The minimum atomic E-state index is -0.798. The van der Waals surface area contributed by atoms with Gasteiger partial charge in [-0.15, -0.1) is 0 Å². The van der Waals surface area contributed by atoms with E-state index in [9.17, 15) is 14.7 Å². The van der Waals surface area contributed by atoms with Gasteiger partial charge in [0.05, 0.1) is 23.3 Å². The number of halogens is 2. The Morgan fingerprint density at radius 2 is 2.10 bits per heavy atom. The molecule has 21 heavy (non-hydrogen) atoms. The Balaban J connectivity index is 2.11. The van der Waals surface area contributed by atoms with Gasteiger partial charge < -0.3 is 20.1 Å². The van der Waals surface area contributed by atoms with E-state index in [0.717, 1.165) is 0 Å². The van der Waals surface area contributed by atoms with Crippen molar-refractivity contribution >= 4 is 40.9 Å². The molecule has 0 aromatic heterocycles. The first-order chi connectivity index (χ1) is 9.92. The highest BCUT2D eigenvalue weighted by molar-refractivity contribution is 6.42. The summed E-state index contributed by atoms with van der Waals surface area (Å²) in [7, 11) is 1.24. The van der Waals surface area contributed by atoms with Gasteiger partial charge >= 0.3 is 12.0 Å². The molecule has 1 aliphatic heterocycles. The normalized spacial score (nSPS) is 21.2. The smallest absolute Gasteiger partial charge is 0.328 e. The summed E-state index contributed by atoms with van der Waals surface area (Å²) in [6.07, 6.45) is -0.602. The van der Waals surface area contributed by atoms with Crippen molar-refractivity contribution in [2.24, 2.45) is 0 Å². The number of β-amino-alcohol motifs (C(OH)–C–C–N with tert-alkyl or cyclic N) is 1. The Bertz CT molecular complexity index is 567. The molecule has 1 aromatic carbocycles. The van der Waals surface area contributed by atoms with Gasteiger partial charge in [0.2, 0.25) is 0 Å². The molecule has 2 N–H and O–H groups in total. The molecule has 0 aliphatic carbocycles. The lowest BCUT2D eigenvalue weighted by Crippen LogP contribution is -2.43. The van der Waals surface area contributed by atoms with E-state index >= 15 is 0 Å². The van der Waals surface area contributed by atoms with E-state index in [1.807, 2.05) is 0 Å². The summed E-state index contributed by atoms with van der Waals surface area (Å²) < 4.78 is 4.64. The van der Waals surface area contributed by atoms with Crippen LogP contribution in [-0.4, -0.2) is 47.8 Å². The van der Waals surface area contributed by atoms with Crippen LogP contribution in [0.5, 0.6) is 0 Å². The first kappa shape index (κ1) is 15.9. The average molecular weight is 333 g/mol. The molecule has 0 spiro atoms. The van der Waals surface area contributed by atoms with Gasteiger partial charge in [0.25, 0.3) is 0 Å². The minimum Gasteiger partial charge on any atom is -0.467 e. The number of benzene rings is 1. The minimum absolute atomic E-state index is 0.0624. The number of anilines is 1. The number of nitrogens with zero attached hydrogens (tertiary/aromatic N) is 1. The largest absolute Gasteiger partial charge is 0.467 e. The predicted octanol–water partition coefficient (Wildman–Crippen LogP) is 2.13. The molecule has 0 bridgehead atoms. The summed E-state index contributed by atoms with van der Waals surface area (Å²) >= 11 is 11.7. The fourth-order valence-electron chi connectivity index (χ4n) is 2.17. The van der Waals surface area contributed by atoms with Crippen LogP contribution in [0.1, 0.15) is 6.42 Å². The number of hydrogen-bond acceptors (Lipinski definition) is 4. The van der Waals surface area contributed by atoms with E-state index in [-0.39, 0.29) is 13.0 Å². The van der Waals surface area contributed by atoms with Crippen molar-refractivity contribution in [3.05, 3.63) is 28.2 Å². The maximum Gasteiger partial charge on any atom is 0.328 e. The van der Waals surface area contributed by atoms with Crippen LogP contribution in [0.25, 0.3) is 0 Å². The number of methoxy groups -OCH3 is 1. The third-order valence-corrected chi connectivity index (χ3v) is 3.92. The van der Waals surface area contributed by atoms with Crippen LogP contribution in [0.4, 0.5) is 10.5 Å². The van der Waals surface area contributed by atoms with Crippen molar-refractivity contribution in [2.75, 3.05) is 19.0 Å². The molecule has 2 rings (SSSR count). The van der Waals surface area contributed by atoms with Gasteiger partial charge in [0, 0.05) is 18.7 Å². The Kier molecular flexibility index (Phi) is 4.92. The Labute approximate surface area is 131 Å². The molecule has 2 atom stereocenters. The third-order valence-electron chi connectivity index (χ3n) is 3.18. The zero-order chi connectivity index (χ0) is 15.6. The summed E-state index contributed by atoms with van der Waals surface area (Å²) in [5, 5.41) is 12.9. The molecule has 0 radical (unpaired) electrons. The van der Waals surface area contributed by atoms with E-state index in [4.69, 9.17) is 23.2 Å². The van der Waals surface area contributed by atoms with Crippen molar-refractivity contribution in [3.63, 3.8) is 0 Å². The topological polar surface area (TPSA) is 78.9 Å². The van der Waals surface area contributed by atoms with Gasteiger partial charge in [-0.1, -0.05) is 23.2 Å². The van der Waals surface area contributed by atoms with Crippen molar-refractivity contribution in [1.82, 2.24) is 4.90 Å². The Morgan fingerprint density at radius 1 is 1.38 bits per heavy atom. The molecule has 1 fully saturated rings. The molecule has 8 heteroatoms. The maximum absolute atomic E-state index is 12.2. The average Bonchev–Trinajstić information content (AvgIpc) is 2.84. The highest BCUT2D eigenvalue weighted by Gasteiger charge is 2.39. The number of aliphatic hydroxyl groups is 1. The summed E-state index contributed by atoms with van der Waals surface area (Å²) in [4.78, 5) is 25.1. The molecular formula is C13H14Cl2N2O4. The second-order valence-corrected chi connectivity index (χ2v) is 5.45. The van der Waals surface area contributed by atoms with Gasteiger partial charge in [-0.3, -0.25) is 0 Å².